The highest BCUT2D eigenvalue weighted by molar-refractivity contribution is 6.30. The topological polar surface area (TPSA) is 89.7 Å². The number of urea groups is 1. The van der Waals surface area contributed by atoms with E-state index in [0.717, 1.165) is 22.4 Å². The number of allylic oxidation sites excluding steroid dienone is 1. The van der Waals surface area contributed by atoms with E-state index in [0.29, 0.717) is 42.1 Å². The quantitative estimate of drug-likeness (QED) is 0.471. The average Bonchev–Trinajstić information content (AvgIpc) is 3.30. The number of methoxy groups -OCH3 is 2. The second kappa shape index (κ2) is 10.1. The molecule has 1 aliphatic heterocycles. The second-order valence-electron chi connectivity index (χ2n) is 7.59. The Labute approximate surface area is 197 Å². The van der Waals surface area contributed by atoms with Crippen molar-refractivity contribution in [2.45, 2.75) is 19.4 Å². The molecule has 2 heterocycles. The summed E-state index contributed by atoms with van der Waals surface area (Å²) < 4.78 is 16.2. The molecule has 0 aliphatic carbocycles. The summed E-state index contributed by atoms with van der Waals surface area (Å²) in [5.41, 5.74) is 3.04. The molecule has 8 nitrogen and oxygen atoms in total. The lowest BCUT2D eigenvalue weighted by Crippen LogP contribution is -2.46. The maximum Gasteiger partial charge on any atom is 0.322 e. The van der Waals surface area contributed by atoms with Gasteiger partial charge in [-0.3, -0.25) is 4.90 Å². The van der Waals surface area contributed by atoms with Crippen molar-refractivity contribution in [1.82, 2.24) is 20.4 Å². The summed E-state index contributed by atoms with van der Waals surface area (Å²) in [6.07, 6.45) is 0.690. The van der Waals surface area contributed by atoms with E-state index in [9.17, 15) is 4.79 Å². The fraction of sp³-hybridized carbons (Fsp3) is 0.292. The second-order valence-corrected chi connectivity index (χ2v) is 8.03. The van der Waals surface area contributed by atoms with Crippen molar-refractivity contribution in [1.29, 1.82) is 0 Å². The molecule has 0 saturated carbocycles. The Kier molecular flexibility index (Phi) is 6.96. The minimum Gasteiger partial charge on any atom is -0.497 e. The zero-order valence-corrected chi connectivity index (χ0v) is 19.4. The van der Waals surface area contributed by atoms with Gasteiger partial charge in [0.1, 0.15) is 5.75 Å². The van der Waals surface area contributed by atoms with Gasteiger partial charge in [-0.1, -0.05) is 41.0 Å². The number of nitrogens with one attached hydrogen (secondary N) is 1. The smallest absolute Gasteiger partial charge is 0.322 e. The third-order valence-corrected chi connectivity index (χ3v) is 5.73. The number of benzene rings is 2. The summed E-state index contributed by atoms with van der Waals surface area (Å²) in [6, 6.07) is 14.1. The molecule has 1 N–H and O–H groups in total. The molecule has 172 valence electrons. The van der Waals surface area contributed by atoms with Gasteiger partial charge in [0, 0.05) is 36.5 Å². The van der Waals surface area contributed by atoms with Crippen LogP contribution in [0.2, 0.25) is 5.02 Å². The molecule has 3 aromatic rings. The molecule has 0 radical (unpaired) electrons. The molecule has 4 rings (SSSR count). The number of halogens is 1. The van der Waals surface area contributed by atoms with Crippen LogP contribution < -0.4 is 10.1 Å². The van der Waals surface area contributed by atoms with Gasteiger partial charge in [-0.25, -0.2) is 4.79 Å². The predicted molar refractivity (Wildman–Crippen MR) is 125 cm³/mol. The van der Waals surface area contributed by atoms with Crippen molar-refractivity contribution in [3.05, 3.63) is 70.7 Å². The minimum atomic E-state index is -0.492. The van der Waals surface area contributed by atoms with E-state index in [1.807, 2.05) is 49.4 Å². The zero-order valence-electron chi connectivity index (χ0n) is 18.7. The molecular weight excluding hydrogens is 444 g/mol. The van der Waals surface area contributed by atoms with E-state index < -0.39 is 6.04 Å². The van der Waals surface area contributed by atoms with Crippen molar-refractivity contribution in [2.24, 2.45) is 0 Å². The maximum absolute atomic E-state index is 13.0. The third kappa shape index (κ3) is 4.86. The molecule has 33 heavy (non-hydrogen) atoms. The molecule has 9 heteroatoms. The Balaban J connectivity index is 1.77. The molecular formula is C24H25ClN4O4. The summed E-state index contributed by atoms with van der Waals surface area (Å²) in [6.45, 7) is 2.92. The lowest BCUT2D eigenvalue weighted by Gasteiger charge is -2.35. The number of rotatable bonds is 8. The molecule has 0 fully saturated rings. The van der Waals surface area contributed by atoms with Crippen molar-refractivity contribution in [3.8, 4) is 17.1 Å². The summed E-state index contributed by atoms with van der Waals surface area (Å²) in [5, 5.41) is 7.82. The van der Waals surface area contributed by atoms with Crippen LogP contribution in [-0.4, -0.2) is 48.4 Å². The van der Waals surface area contributed by atoms with Crippen molar-refractivity contribution in [2.75, 3.05) is 27.4 Å². The highest BCUT2D eigenvalue weighted by Crippen LogP contribution is 2.38. The number of nitrogens with zero attached hydrogens (tertiary/aromatic N) is 3. The van der Waals surface area contributed by atoms with Crippen LogP contribution >= 0.6 is 11.6 Å². The molecule has 1 unspecified atom stereocenters. The normalized spacial score (nSPS) is 16.2. The van der Waals surface area contributed by atoms with Crippen LogP contribution in [0.4, 0.5) is 4.79 Å². The standard InChI is InChI=1S/C24H25ClN4O4/c1-15-20(23-27-22(28-33-23)17-8-5-10-19(14-17)32-3)21(16-7-4-9-18(25)13-16)26-24(30)29(15)11-6-12-31-2/h4-5,7-10,13-14,21H,6,11-12H2,1-3H3,(H,26,30). The summed E-state index contributed by atoms with van der Waals surface area (Å²) in [5.74, 6) is 1.45. The number of ether oxygens (including phenoxy) is 2. The number of carbonyl (C=O) groups excluding carboxylic acids is 1. The van der Waals surface area contributed by atoms with Gasteiger partial charge in [-0.15, -0.1) is 0 Å². The van der Waals surface area contributed by atoms with E-state index >= 15 is 0 Å². The van der Waals surface area contributed by atoms with E-state index in [-0.39, 0.29) is 6.03 Å². The molecule has 0 bridgehead atoms. The fourth-order valence-corrected chi connectivity index (χ4v) is 4.04. The Morgan fingerprint density at radius 2 is 2.00 bits per heavy atom. The third-order valence-electron chi connectivity index (χ3n) is 5.49. The van der Waals surface area contributed by atoms with Crippen molar-refractivity contribution >= 4 is 23.2 Å². The summed E-state index contributed by atoms with van der Waals surface area (Å²) in [7, 11) is 3.24. The number of hydrogen-bond donors (Lipinski definition) is 1. The van der Waals surface area contributed by atoms with Crippen LogP contribution in [0.1, 0.15) is 30.8 Å². The molecule has 0 saturated heterocycles. The van der Waals surface area contributed by atoms with Gasteiger partial charge in [0.2, 0.25) is 5.82 Å². The van der Waals surface area contributed by atoms with Crippen molar-refractivity contribution in [3.63, 3.8) is 0 Å². The highest BCUT2D eigenvalue weighted by Gasteiger charge is 2.35. The SMILES string of the molecule is COCCCN1C(=O)NC(c2cccc(Cl)c2)C(c2nc(-c3cccc(OC)c3)no2)=C1C. The van der Waals surface area contributed by atoms with Gasteiger partial charge in [0.15, 0.2) is 0 Å². The maximum atomic E-state index is 13.0. The molecule has 2 aromatic carbocycles. The van der Waals surface area contributed by atoms with E-state index in [4.69, 9.17) is 25.6 Å². The first-order valence-electron chi connectivity index (χ1n) is 10.5. The molecule has 1 aromatic heterocycles. The van der Waals surface area contributed by atoms with E-state index in [1.54, 1.807) is 25.2 Å². The van der Waals surface area contributed by atoms with Gasteiger partial charge in [0.05, 0.1) is 18.7 Å². The average molecular weight is 469 g/mol. The number of amides is 2. The first kappa shape index (κ1) is 22.8. The fourth-order valence-electron chi connectivity index (χ4n) is 3.84. The largest absolute Gasteiger partial charge is 0.497 e. The number of carbonyl (C=O) groups is 1. The lowest BCUT2D eigenvalue weighted by atomic mass is 9.94. The van der Waals surface area contributed by atoms with Crippen LogP contribution in [-0.2, 0) is 4.74 Å². The Morgan fingerprint density at radius 3 is 2.76 bits per heavy atom. The van der Waals surface area contributed by atoms with Crippen molar-refractivity contribution < 1.29 is 18.8 Å². The molecule has 0 spiro atoms. The Bertz CT molecular complexity index is 1180. The number of hydrogen-bond acceptors (Lipinski definition) is 6. The van der Waals surface area contributed by atoms with Gasteiger partial charge in [-0.2, -0.15) is 4.98 Å². The van der Waals surface area contributed by atoms with Crippen LogP contribution in [0.25, 0.3) is 17.0 Å². The zero-order chi connectivity index (χ0) is 23.4. The molecule has 1 aliphatic rings. The predicted octanol–water partition coefficient (Wildman–Crippen LogP) is 4.93. The highest BCUT2D eigenvalue weighted by atomic mass is 35.5. The van der Waals surface area contributed by atoms with Crippen LogP contribution in [0.5, 0.6) is 5.75 Å². The lowest BCUT2D eigenvalue weighted by molar-refractivity contribution is 0.174. The summed E-state index contributed by atoms with van der Waals surface area (Å²) in [4.78, 5) is 19.3. The minimum absolute atomic E-state index is 0.204. The van der Waals surface area contributed by atoms with Crippen LogP contribution in [0, 0.1) is 0 Å². The Hall–Kier alpha value is -3.36. The van der Waals surface area contributed by atoms with Gasteiger partial charge in [0.25, 0.3) is 5.89 Å². The van der Waals surface area contributed by atoms with Gasteiger partial charge >= 0.3 is 6.03 Å². The molecule has 1 atom stereocenters. The Morgan fingerprint density at radius 1 is 1.18 bits per heavy atom. The van der Waals surface area contributed by atoms with Gasteiger partial charge in [-0.05, 0) is 43.2 Å². The van der Waals surface area contributed by atoms with Gasteiger partial charge < -0.3 is 19.3 Å². The van der Waals surface area contributed by atoms with Crippen LogP contribution in [0.15, 0.2) is 58.8 Å². The molecule has 2 amide bonds. The monoisotopic (exact) mass is 468 g/mol. The van der Waals surface area contributed by atoms with Crippen LogP contribution in [0.3, 0.4) is 0 Å². The number of aromatic nitrogens is 2. The van der Waals surface area contributed by atoms with E-state index in [1.165, 1.54) is 0 Å². The summed E-state index contributed by atoms with van der Waals surface area (Å²) >= 11 is 6.24. The first-order valence-corrected chi connectivity index (χ1v) is 10.9. The van der Waals surface area contributed by atoms with E-state index in [2.05, 4.69) is 15.5 Å². The first-order chi connectivity index (χ1) is 16.0.